The van der Waals surface area contributed by atoms with Crippen molar-refractivity contribution in [2.75, 3.05) is 5.32 Å². The van der Waals surface area contributed by atoms with Gasteiger partial charge in [-0.05, 0) is 30.2 Å². The van der Waals surface area contributed by atoms with Gasteiger partial charge in [0.25, 0.3) is 5.91 Å². The van der Waals surface area contributed by atoms with Crippen LogP contribution in [0.4, 0.5) is 10.1 Å². The summed E-state index contributed by atoms with van der Waals surface area (Å²) in [5.74, 6) is -0.483. The number of hydrogen-bond acceptors (Lipinski definition) is 2. The van der Waals surface area contributed by atoms with Crippen molar-refractivity contribution in [3.8, 4) is 0 Å². The SMILES string of the molecule is CC(C)c1cc(C(=O)Nc2ccc(Cl)cc2F)cs1. The van der Waals surface area contributed by atoms with E-state index >= 15 is 0 Å². The lowest BCUT2D eigenvalue weighted by Gasteiger charge is -2.05. The molecule has 0 atom stereocenters. The van der Waals surface area contributed by atoms with Crippen LogP contribution in [0.15, 0.2) is 29.6 Å². The van der Waals surface area contributed by atoms with E-state index < -0.39 is 5.82 Å². The van der Waals surface area contributed by atoms with Crippen LogP contribution in [0.1, 0.15) is 35.0 Å². The standard InChI is InChI=1S/C14H13ClFNOS/c1-8(2)13-5-9(7-19-13)14(18)17-12-4-3-10(15)6-11(12)16/h3-8H,1-2H3,(H,17,18). The van der Waals surface area contributed by atoms with Gasteiger partial charge >= 0.3 is 0 Å². The van der Waals surface area contributed by atoms with E-state index in [-0.39, 0.29) is 11.6 Å². The first kappa shape index (κ1) is 14.0. The van der Waals surface area contributed by atoms with Crippen molar-refractivity contribution in [2.24, 2.45) is 0 Å². The van der Waals surface area contributed by atoms with E-state index in [0.717, 1.165) is 4.88 Å². The molecule has 0 aliphatic carbocycles. The zero-order valence-corrected chi connectivity index (χ0v) is 12.1. The van der Waals surface area contributed by atoms with Crippen molar-refractivity contribution in [1.82, 2.24) is 0 Å². The topological polar surface area (TPSA) is 29.1 Å². The Morgan fingerprint density at radius 1 is 1.37 bits per heavy atom. The third-order valence-corrected chi connectivity index (χ3v) is 4.10. The number of thiophene rings is 1. The molecule has 0 radical (unpaired) electrons. The smallest absolute Gasteiger partial charge is 0.256 e. The second kappa shape index (κ2) is 5.72. The van der Waals surface area contributed by atoms with E-state index in [9.17, 15) is 9.18 Å². The molecule has 0 saturated carbocycles. The summed E-state index contributed by atoms with van der Waals surface area (Å²) in [6.07, 6.45) is 0. The first-order valence-corrected chi connectivity index (χ1v) is 7.08. The predicted octanol–water partition coefficient (Wildman–Crippen LogP) is 4.92. The van der Waals surface area contributed by atoms with Crippen LogP contribution in [0.2, 0.25) is 5.02 Å². The van der Waals surface area contributed by atoms with Crippen molar-refractivity contribution >= 4 is 34.5 Å². The molecule has 1 amide bonds. The second-order valence-electron chi connectivity index (χ2n) is 4.47. The number of amides is 1. The zero-order valence-electron chi connectivity index (χ0n) is 10.5. The number of anilines is 1. The monoisotopic (exact) mass is 297 g/mol. The van der Waals surface area contributed by atoms with E-state index in [0.29, 0.717) is 16.5 Å². The molecule has 1 heterocycles. The maximum atomic E-state index is 13.6. The fraction of sp³-hybridized carbons (Fsp3) is 0.214. The Balaban J connectivity index is 2.16. The molecule has 5 heteroatoms. The van der Waals surface area contributed by atoms with Gasteiger partial charge < -0.3 is 5.32 Å². The maximum Gasteiger partial charge on any atom is 0.256 e. The number of benzene rings is 1. The maximum absolute atomic E-state index is 13.6. The van der Waals surface area contributed by atoms with Crippen LogP contribution >= 0.6 is 22.9 Å². The lowest BCUT2D eigenvalue weighted by molar-refractivity contribution is 0.102. The summed E-state index contributed by atoms with van der Waals surface area (Å²) in [6.45, 7) is 4.12. The zero-order chi connectivity index (χ0) is 14.0. The lowest BCUT2D eigenvalue weighted by Crippen LogP contribution is -2.12. The van der Waals surface area contributed by atoms with Gasteiger partial charge in [0.1, 0.15) is 5.82 Å². The predicted molar refractivity (Wildman–Crippen MR) is 77.8 cm³/mol. The van der Waals surface area contributed by atoms with Crippen LogP contribution < -0.4 is 5.32 Å². The molecule has 0 bridgehead atoms. The minimum absolute atomic E-state index is 0.131. The summed E-state index contributed by atoms with van der Waals surface area (Å²) in [4.78, 5) is 13.1. The van der Waals surface area contributed by atoms with Crippen molar-refractivity contribution in [3.05, 3.63) is 50.9 Å². The molecular weight excluding hydrogens is 285 g/mol. The molecule has 2 nitrogen and oxygen atoms in total. The molecule has 2 rings (SSSR count). The van der Waals surface area contributed by atoms with Crippen LogP contribution in [0.5, 0.6) is 0 Å². The van der Waals surface area contributed by atoms with Crippen LogP contribution in [-0.2, 0) is 0 Å². The average Bonchev–Trinajstić information content (AvgIpc) is 2.82. The number of hydrogen-bond donors (Lipinski definition) is 1. The Hall–Kier alpha value is -1.39. The van der Waals surface area contributed by atoms with Gasteiger partial charge in [0.05, 0.1) is 11.3 Å². The summed E-state index contributed by atoms with van der Waals surface area (Å²) >= 11 is 7.19. The third kappa shape index (κ3) is 3.33. The minimum atomic E-state index is -0.542. The number of carbonyl (C=O) groups is 1. The highest BCUT2D eigenvalue weighted by Gasteiger charge is 2.12. The van der Waals surface area contributed by atoms with Gasteiger partial charge in [-0.15, -0.1) is 11.3 Å². The average molecular weight is 298 g/mol. The number of nitrogens with one attached hydrogen (secondary N) is 1. The van der Waals surface area contributed by atoms with E-state index in [1.807, 2.05) is 6.07 Å². The number of rotatable bonds is 3. The summed E-state index contributed by atoms with van der Waals surface area (Å²) in [6, 6.07) is 5.99. The Kier molecular flexibility index (Phi) is 4.22. The van der Waals surface area contributed by atoms with Gasteiger partial charge in [-0.3, -0.25) is 4.79 Å². The van der Waals surface area contributed by atoms with Crippen molar-refractivity contribution in [1.29, 1.82) is 0 Å². The summed E-state index contributed by atoms with van der Waals surface area (Å²) < 4.78 is 13.6. The second-order valence-corrected chi connectivity index (χ2v) is 5.85. The normalized spacial score (nSPS) is 10.8. The molecule has 2 aromatic rings. The largest absolute Gasteiger partial charge is 0.319 e. The fourth-order valence-electron chi connectivity index (χ4n) is 1.56. The quantitative estimate of drug-likeness (QED) is 0.856. The Labute approximate surface area is 120 Å². The molecule has 19 heavy (non-hydrogen) atoms. The van der Waals surface area contributed by atoms with Crippen LogP contribution in [0.3, 0.4) is 0 Å². The fourth-order valence-corrected chi connectivity index (χ4v) is 2.62. The summed E-state index contributed by atoms with van der Waals surface area (Å²) in [7, 11) is 0. The first-order chi connectivity index (χ1) is 8.97. The molecule has 0 fully saturated rings. The lowest BCUT2D eigenvalue weighted by atomic mass is 10.1. The van der Waals surface area contributed by atoms with E-state index in [4.69, 9.17) is 11.6 Å². The van der Waals surface area contributed by atoms with Gasteiger partial charge in [0.15, 0.2) is 0 Å². The molecule has 0 aliphatic heterocycles. The Morgan fingerprint density at radius 3 is 2.68 bits per heavy atom. The van der Waals surface area contributed by atoms with Crippen molar-refractivity contribution in [3.63, 3.8) is 0 Å². The minimum Gasteiger partial charge on any atom is -0.319 e. The Bertz CT molecular complexity index is 609. The van der Waals surface area contributed by atoms with E-state index in [1.54, 1.807) is 5.38 Å². The molecular formula is C14H13ClFNOS. The van der Waals surface area contributed by atoms with Gasteiger partial charge in [-0.2, -0.15) is 0 Å². The molecule has 0 aliphatic rings. The molecule has 1 aromatic carbocycles. The van der Waals surface area contributed by atoms with Crippen LogP contribution in [-0.4, -0.2) is 5.91 Å². The Morgan fingerprint density at radius 2 is 2.11 bits per heavy atom. The molecule has 0 unspecified atom stereocenters. The van der Waals surface area contributed by atoms with Gasteiger partial charge in [0.2, 0.25) is 0 Å². The molecule has 1 N–H and O–H groups in total. The molecule has 100 valence electrons. The summed E-state index contributed by atoms with van der Waals surface area (Å²) in [5.41, 5.74) is 0.676. The highest BCUT2D eigenvalue weighted by atomic mass is 35.5. The summed E-state index contributed by atoms with van der Waals surface area (Å²) in [5, 5.41) is 4.62. The third-order valence-electron chi connectivity index (χ3n) is 2.63. The van der Waals surface area contributed by atoms with Gasteiger partial charge in [-0.25, -0.2) is 4.39 Å². The van der Waals surface area contributed by atoms with Crippen LogP contribution in [0.25, 0.3) is 0 Å². The van der Waals surface area contributed by atoms with Crippen LogP contribution in [0, 0.1) is 5.82 Å². The molecule has 1 aromatic heterocycles. The number of carbonyl (C=O) groups excluding carboxylic acids is 1. The van der Waals surface area contributed by atoms with E-state index in [1.165, 1.54) is 29.5 Å². The highest BCUT2D eigenvalue weighted by molar-refractivity contribution is 7.10. The van der Waals surface area contributed by atoms with Gasteiger partial charge in [0, 0.05) is 15.3 Å². The first-order valence-electron chi connectivity index (χ1n) is 5.82. The van der Waals surface area contributed by atoms with Crippen molar-refractivity contribution < 1.29 is 9.18 Å². The van der Waals surface area contributed by atoms with Gasteiger partial charge in [-0.1, -0.05) is 25.4 Å². The molecule has 0 spiro atoms. The van der Waals surface area contributed by atoms with Crippen molar-refractivity contribution in [2.45, 2.75) is 19.8 Å². The highest BCUT2D eigenvalue weighted by Crippen LogP contribution is 2.24. The molecule has 0 saturated heterocycles. The number of halogens is 2. The van der Waals surface area contributed by atoms with E-state index in [2.05, 4.69) is 19.2 Å².